The van der Waals surface area contributed by atoms with Crippen molar-refractivity contribution in [3.63, 3.8) is 0 Å². The number of nitrogens with zero attached hydrogens (tertiary/aromatic N) is 2. The number of piperazine rings is 1. The molecule has 1 unspecified atom stereocenters. The summed E-state index contributed by atoms with van der Waals surface area (Å²) in [7, 11) is 2.18. The molecule has 4 heteroatoms. The second-order valence-electron chi connectivity index (χ2n) is 4.69. The normalized spacial score (nSPS) is 21.5. The van der Waals surface area contributed by atoms with Gasteiger partial charge in [0.05, 0.1) is 0 Å². The van der Waals surface area contributed by atoms with Crippen LogP contribution in [0.25, 0.3) is 0 Å². The van der Waals surface area contributed by atoms with Crippen LogP contribution in [0.3, 0.4) is 0 Å². The van der Waals surface area contributed by atoms with E-state index in [1.165, 1.54) is 5.69 Å². The van der Waals surface area contributed by atoms with Gasteiger partial charge in [0.15, 0.2) is 0 Å². The predicted octanol–water partition coefficient (Wildman–Crippen LogP) is 1.46. The van der Waals surface area contributed by atoms with Crippen LogP contribution < -0.4 is 10.6 Å². The van der Waals surface area contributed by atoms with E-state index in [4.69, 9.17) is 18.0 Å². The molecule has 0 saturated carbocycles. The van der Waals surface area contributed by atoms with Crippen LogP contribution in [-0.4, -0.2) is 42.6 Å². The zero-order valence-corrected chi connectivity index (χ0v) is 11.2. The number of likely N-dealkylation sites (N-methyl/N-ethyl adjacent to an activating group) is 1. The van der Waals surface area contributed by atoms with Gasteiger partial charge < -0.3 is 15.5 Å². The molecule has 17 heavy (non-hydrogen) atoms. The second-order valence-corrected chi connectivity index (χ2v) is 5.13. The van der Waals surface area contributed by atoms with E-state index in [1.807, 2.05) is 12.1 Å². The van der Waals surface area contributed by atoms with E-state index in [2.05, 4.69) is 35.9 Å². The minimum absolute atomic E-state index is 0.461. The maximum atomic E-state index is 5.59. The standard InChI is InChI=1S/C13H19N3S/c1-10-9-16(8-7-15(10)2)12-5-3-11(4-6-12)13(14)17/h3-6,10H,7-9H2,1-2H3,(H2,14,17). The predicted molar refractivity (Wildman–Crippen MR) is 76.6 cm³/mol. The number of thiocarbonyl (C=S) groups is 1. The number of rotatable bonds is 2. The molecule has 0 aliphatic carbocycles. The van der Waals surface area contributed by atoms with Gasteiger partial charge in [-0.2, -0.15) is 0 Å². The highest BCUT2D eigenvalue weighted by molar-refractivity contribution is 7.80. The third kappa shape index (κ3) is 2.76. The summed E-state index contributed by atoms with van der Waals surface area (Å²) in [6, 6.07) is 8.81. The Morgan fingerprint density at radius 2 is 1.94 bits per heavy atom. The number of benzene rings is 1. The van der Waals surface area contributed by atoms with Gasteiger partial charge in [-0.3, -0.25) is 0 Å². The highest BCUT2D eigenvalue weighted by Gasteiger charge is 2.20. The monoisotopic (exact) mass is 249 g/mol. The minimum Gasteiger partial charge on any atom is -0.389 e. The van der Waals surface area contributed by atoms with Crippen LogP contribution in [0.5, 0.6) is 0 Å². The first kappa shape index (κ1) is 12.3. The Labute approximate surface area is 108 Å². The zero-order chi connectivity index (χ0) is 12.4. The van der Waals surface area contributed by atoms with Crippen molar-refractivity contribution in [1.29, 1.82) is 0 Å². The molecule has 0 bridgehead atoms. The molecule has 3 nitrogen and oxygen atoms in total. The zero-order valence-electron chi connectivity index (χ0n) is 10.4. The van der Waals surface area contributed by atoms with E-state index >= 15 is 0 Å². The van der Waals surface area contributed by atoms with Gasteiger partial charge >= 0.3 is 0 Å². The largest absolute Gasteiger partial charge is 0.389 e. The molecule has 1 heterocycles. The van der Waals surface area contributed by atoms with E-state index in [1.54, 1.807) is 0 Å². The van der Waals surface area contributed by atoms with E-state index in [0.717, 1.165) is 25.2 Å². The Morgan fingerprint density at radius 3 is 2.47 bits per heavy atom. The summed E-state index contributed by atoms with van der Waals surface area (Å²) in [5, 5.41) is 0. The molecule has 0 radical (unpaired) electrons. The lowest BCUT2D eigenvalue weighted by atomic mass is 10.1. The molecule has 2 N–H and O–H groups in total. The fraction of sp³-hybridized carbons (Fsp3) is 0.462. The van der Waals surface area contributed by atoms with Gasteiger partial charge in [0.2, 0.25) is 0 Å². The molecule has 0 spiro atoms. The quantitative estimate of drug-likeness (QED) is 0.804. The first-order chi connectivity index (χ1) is 8.08. The second kappa shape index (κ2) is 5.02. The lowest BCUT2D eigenvalue weighted by Crippen LogP contribution is -2.50. The van der Waals surface area contributed by atoms with Crippen LogP contribution in [0.15, 0.2) is 24.3 Å². The van der Waals surface area contributed by atoms with Crippen molar-refractivity contribution >= 4 is 22.9 Å². The Hall–Kier alpha value is -1.13. The van der Waals surface area contributed by atoms with Gasteiger partial charge in [0.25, 0.3) is 0 Å². The Kier molecular flexibility index (Phi) is 3.64. The Bertz CT molecular complexity index is 402. The summed E-state index contributed by atoms with van der Waals surface area (Å²) < 4.78 is 0. The van der Waals surface area contributed by atoms with Crippen LogP contribution in [0, 0.1) is 0 Å². The fourth-order valence-electron chi connectivity index (χ4n) is 2.12. The Morgan fingerprint density at radius 1 is 1.29 bits per heavy atom. The van der Waals surface area contributed by atoms with Gasteiger partial charge in [-0.1, -0.05) is 12.2 Å². The number of anilines is 1. The number of nitrogens with two attached hydrogens (primary N) is 1. The maximum absolute atomic E-state index is 5.59. The molecule has 1 aromatic carbocycles. The van der Waals surface area contributed by atoms with Crippen LogP contribution in [0.2, 0.25) is 0 Å². The summed E-state index contributed by atoms with van der Waals surface area (Å²) >= 11 is 4.95. The molecule has 1 saturated heterocycles. The molecular weight excluding hydrogens is 230 g/mol. The van der Waals surface area contributed by atoms with Crippen LogP contribution in [-0.2, 0) is 0 Å². The number of hydrogen-bond donors (Lipinski definition) is 1. The number of hydrogen-bond acceptors (Lipinski definition) is 3. The first-order valence-electron chi connectivity index (χ1n) is 5.93. The lowest BCUT2D eigenvalue weighted by Gasteiger charge is -2.39. The van der Waals surface area contributed by atoms with Crippen molar-refractivity contribution in [2.24, 2.45) is 5.73 Å². The highest BCUT2D eigenvalue weighted by Crippen LogP contribution is 2.19. The lowest BCUT2D eigenvalue weighted by molar-refractivity contribution is 0.234. The van der Waals surface area contributed by atoms with Gasteiger partial charge in [-0.05, 0) is 38.2 Å². The van der Waals surface area contributed by atoms with Crippen molar-refractivity contribution in [3.8, 4) is 0 Å². The summed E-state index contributed by atoms with van der Waals surface area (Å²) in [6.45, 7) is 5.52. The van der Waals surface area contributed by atoms with Crippen LogP contribution >= 0.6 is 12.2 Å². The van der Waals surface area contributed by atoms with Gasteiger partial charge in [0, 0.05) is 36.9 Å². The van der Waals surface area contributed by atoms with Crippen molar-refractivity contribution < 1.29 is 0 Å². The third-order valence-corrected chi connectivity index (χ3v) is 3.71. The molecule has 2 rings (SSSR count). The van der Waals surface area contributed by atoms with E-state index < -0.39 is 0 Å². The smallest absolute Gasteiger partial charge is 0.103 e. The van der Waals surface area contributed by atoms with Gasteiger partial charge in [-0.15, -0.1) is 0 Å². The molecule has 1 fully saturated rings. The van der Waals surface area contributed by atoms with Crippen LogP contribution in [0.4, 0.5) is 5.69 Å². The first-order valence-corrected chi connectivity index (χ1v) is 6.34. The fourth-order valence-corrected chi connectivity index (χ4v) is 2.26. The Balaban J connectivity index is 2.10. The molecule has 92 valence electrons. The molecule has 1 aliphatic rings. The summed E-state index contributed by atoms with van der Waals surface area (Å²) in [5.74, 6) is 0. The van der Waals surface area contributed by atoms with Crippen molar-refractivity contribution in [3.05, 3.63) is 29.8 Å². The van der Waals surface area contributed by atoms with Crippen molar-refractivity contribution in [2.45, 2.75) is 13.0 Å². The molecule has 0 aromatic heterocycles. The van der Waals surface area contributed by atoms with E-state index in [-0.39, 0.29) is 0 Å². The summed E-state index contributed by atoms with van der Waals surface area (Å²) in [6.07, 6.45) is 0. The SMILES string of the molecule is CC1CN(c2ccc(C(N)=S)cc2)CCN1C. The molecule has 1 aromatic rings. The molecule has 0 amide bonds. The molecular formula is C13H19N3S. The van der Waals surface area contributed by atoms with E-state index in [0.29, 0.717) is 11.0 Å². The topological polar surface area (TPSA) is 32.5 Å². The van der Waals surface area contributed by atoms with Crippen LogP contribution in [0.1, 0.15) is 12.5 Å². The van der Waals surface area contributed by atoms with E-state index in [9.17, 15) is 0 Å². The average Bonchev–Trinajstić information content (AvgIpc) is 2.33. The summed E-state index contributed by atoms with van der Waals surface area (Å²) in [4.78, 5) is 5.26. The minimum atomic E-state index is 0.461. The van der Waals surface area contributed by atoms with Gasteiger partial charge in [-0.25, -0.2) is 0 Å². The average molecular weight is 249 g/mol. The summed E-state index contributed by atoms with van der Waals surface area (Å²) in [5.41, 5.74) is 7.78. The highest BCUT2D eigenvalue weighted by atomic mass is 32.1. The van der Waals surface area contributed by atoms with Crippen molar-refractivity contribution in [1.82, 2.24) is 4.90 Å². The van der Waals surface area contributed by atoms with Gasteiger partial charge in [0.1, 0.15) is 4.99 Å². The maximum Gasteiger partial charge on any atom is 0.103 e. The molecule has 1 atom stereocenters. The third-order valence-electron chi connectivity index (χ3n) is 3.48. The van der Waals surface area contributed by atoms with Crippen molar-refractivity contribution in [2.75, 3.05) is 31.6 Å². The molecule has 1 aliphatic heterocycles.